The molecule has 5 N–H and O–H groups in total. The van der Waals surface area contributed by atoms with E-state index >= 15 is 0 Å². The molecule has 0 radical (unpaired) electrons. The van der Waals surface area contributed by atoms with Crippen molar-refractivity contribution in [2.24, 2.45) is 17.8 Å². The first kappa shape index (κ1) is 44.3. The van der Waals surface area contributed by atoms with E-state index in [1.54, 1.807) is 27.7 Å². The molecule has 4 heterocycles. The van der Waals surface area contributed by atoms with Crippen molar-refractivity contribution in [3.8, 4) is 0 Å². The smallest absolute Gasteiger partial charge is 0.311 e. The van der Waals surface area contributed by atoms with Gasteiger partial charge in [-0.05, 0) is 80.3 Å². The predicted octanol–water partition coefficient (Wildman–Crippen LogP) is 2.64. The summed E-state index contributed by atoms with van der Waals surface area (Å²) in [5.41, 5.74) is -3.04. The van der Waals surface area contributed by atoms with E-state index in [9.17, 15) is 30.3 Å². The highest BCUT2D eigenvalue weighted by Crippen LogP contribution is 2.48. The summed E-state index contributed by atoms with van der Waals surface area (Å²) in [6.45, 7) is 18.5. The van der Waals surface area contributed by atoms with Crippen LogP contribution in [0, 0.1) is 17.8 Å². The fraction of sp³-hybridized carbons (Fsp3) is 0.923. The molecule has 0 aromatic carbocycles. The number of carbonyl (C=O) groups is 1. The number of methoxy groups -OCH3 is 1. The maximum atomic E-state index is 14.3. The molecular weight excluding hydrogens is 690 g/mol. The van der Waals surface area contributed by atoms with Gasteiger partial charge in [-0.1, -0.05) is 20.8 Å². The maximum absolute atomic E-state index is 14.3. The fourth-order valence-electron chi connectivity index (χ4n) is 9.14. The monoisotopic (exact) mass is 759 g/mol. The standard InChI is InChI=1S/C39H69NO13/c1-13-27(42)39(10,46)34-22(4)30-20(2)18-38(9,53-30)33(52-36-29(43)26(17-21(3)48-36)40(11)15-14-16-41)23(5)31(24(6)35(45)51-34)50-28-19-37(8,47-12)32(44)25(7)49-28/h21-29,31-34,36,41-44,46H,13-19H2,1-12H3/t21?,22-,23-,24+,25?,26?,27-,28-,29?,31-,32-,33+,34+,36-,37?,38+,39+/m0/s1. The molecule has 308 valence electrons. The summed E-state index contributed by atoms with van der Waals surface area (Å²) in [7, 11) is 3.43. The van der Waals surface area contributed by atoms with E-state index in [0.29, 0.717) is 31.6 Å². The Hall–Kier alpha value is -1.43. The largest absolute Gasteiger partial charge is 0.488 e. The second-order valence-electron chi connectivity index (χ2n) is 16.9. The third-order valence-corrected chi connectivity index (χ3v) is 12.5. The van der Waals surface area contributed by atoms with E-state index < -0.39 is 95.8 Å². The Labute approximate surface area is 316 Å². The van der Waals surface area contributed by atoms with Crippen LogP contribution in [0.15, 0.2) is 11.3 Å². The lowest BCUT2D eigenvalue weighted by Gasteiger charge is -2.48. The van der Waals surface area contributed by atoms with Gasteiger partial charge in [-0.15, -0.1) is 0 Å². The summed E-state index contributed by atoms with van der Waals surface area (Å²) in [6.07, 6.45) is -7.16. The molecule has 3 fully saturated rings. The van der Waals surface area contributed by atoms with Gasteiger partial charge in [-0.25, -0.2) is 0 Å². The van der Waals surface area contributed by atoms with Crippen molar-refractivity contribution in [2.75, 3.05) is 27.3 Å². The number of hydrogen-bond acceptors (Lipinski definition) is 14. The summed E-state index contributed by atoms with van der Waals surface area (Å²) in [5, 5.41) is 55.0. The van der Waals surface area contributed by atoms with Crippen molar-refractivity contribution >= 4 is 5.97 Å². The van der Waals surface area contributed by atoms with Crippen molar-refractivity contribution in [2.45, 2.75) is 186 Å². The lowest BCUT2D eigenvalue weighted by atomic mass is 9.78. The Balaban J connectivity index is 1.81. The Morgan fingerprint density at radius 1 is 1.08 bits per heavy atom. The van der Waals surface area contributed by atoms with Crippen molar-refractivity contribution in [1.82, 2.24) is 4.90 Å². The number of aliphatic hydroxyl groups excluding tert-OH is 4. The average Bonchev–Trinajstić information content (AvgIpc) is 3.42. The molecule has 0 amide bonds. The fourth-order valence-corrected chi connectivity index (χ4v) is 9.14. The second kappa shape index (κ2) is 17.4. The number of nitrogens with zero attached hydrogens (tertiary/aromatic N) is 1. The van der Waals surface area contributed by atoms with Gasteiger partial charge in [0.15, 0.2) is 12.6 Å². The molecule has 14 nitrogen and oxygen atoms in total. The SMILES string of the molecule is CC[C@H](O)[C@@](C)(O)[C@@H]1OC(=O)[C@H](C)[C@@H](O[C@H]2CC(C)(OC)[C@@H](O)C(C)O2)[C@H](C)[C@@H](O[C@@H]2OC(C)CC(N(C)CCCO)C2O)[C@@]2(C)CC(C)=C(O2)[C@@H]1C. The van der Waals surface area contributed by atoms with Gasteiger partial charge in [-0.2, -0.15) is 0 Å². The highest BCUT2D eigenvalue weighted by molar-refractivity contribution is 5.73. The summed E-state index contributed by atoms with van der Waals surface area (Å²) < 4.78 is 45.0. The van der Waals surface area contributed by atoms with Gasteiger partial charge < -0.3 is 63.6 Å². The molecule has 4 aliphatic rings. The summed E-state index contributed by atoms with van der Waals surface area (Å²) >= 11 is 0. The zero-order valence-corrected chi connectivity index (χ0v) is 34.0. The van der Waals surface area contributed by atoms with Gasteiger partial charge in [0.2, 0.25) is 0 Å². The van der Waals surface area contributed by atoms with Gasteiger partial charge in [0, 0.05) is 45.1 Å². The second-order valence-corrected chi connectivity index (χ2v) is 16.9. The van der Waals surface area contributed by atoms with Crippen LogP contribution >= 0.6 is 0 Å². The summed E-state index contributed by atoms with van der Waals surface area (Å²) in [4.78, 5) is 16.3. The molecule has 4 rings (SSSR count). The molecule has 53 heavy (non-hydrogen) atoms. The summed E-state index contributed by atoms with van der Waals surface area (Å²) in [6, 6.07) is -0.315. The Bertz CT molecular complexity index is 1270. The molecule has 5 unspecified atom stereocenters. The number of likely N-dealkylation sites (N-methyl/N-ethyl adjacent to an activating group) is 1. The highest BCUT2D eigenvalue weighted by atomic mass is 16.7. The van der Waals surface area contributed by atoms with Gasteiger partial charge in [0.1, 0.15) is 41.4 Å². The molecule has 14 heteroatoms. The van der Waals surface area contributed by atoms with E-state index in [-0.39, 0.29) is 31.6 Å². The molecule has 0 aromatic heterocycles. The minimum Gasteiger partial charge on any atom is -0.488 e. The molecule has 0 aliphatic carbocycles. The van der Waals surface area contributed by atoms with E-state index in [1.165, 1.54) is 14.0 Å². The number of fused-ring (bicyclic) bond motifs is 2. The van der Waals surface area contributed by atoms with Crippen molar-refractivity contribution < 1.29 is 63.5 Å². The van der Waals surface area contributed by atoms with Crippen LogP contribution in [0.25, 0.3) is 0 Å². The van der Waals surface area contributed by atoms with Gasteiger partial charge in [0.25, 0.3) is 0 Å². The van der Waals surface area contributed by atoms with Gasteiger partial charge in [-0.3, -0.25) is 4.79 Å². The van der Waals surface area contributed by atoms with Crippen LogP contribution in [-0.4, -0.2) is 148 Å². The minimum atomic E-state index is -1.84. The molecule has 4 aliphatic heterocycles. The van der Waals surface area contributed by atoms with E-state index in [1.807, 2.05) is 46.6 Å². The molecule has 3 saturated heterocycles. The number of carbonyl (C=O) groups excluding carboxylic acids is 1. The molecule has 0 aromatic rings. The number of hydrogen-bond donors (Lipinski definition) is 5. The van der Waals surface area contributed by atoms with Crippen LogP contribution in [0.5, 0.6) is 0 Å². The molecule has 17 atom stereocenters. The van der Waals surface area contributed by atoms with Gasteiger partial charge >= 0.3 is 5.97 Å². The van der Waals surface area contributed by atoms with Crippen LogP contribution in [0.3, 0.4) is 0 Å². The van der Waals surface area contributed by atoms with E-state index in [0.717, 1.165) is 5.57 Å². The average molecular weight is 760 g/mol. The number of ether oxygens (including phenoxy) is 7. The van der Waals surface area contributed by atoms with Gasteiger partial charge in [0.05, 0.1) is 41.9 Å². The lowest BCUT2D eigenvalue weighted by molar-refractivity contribution is -0.316. The van der Waals surface area contributed by atoms with E-state index in [2.05, 4.69) is 0 Å². The summed E-state index contributed by atoms with van der Waals surface area (Å²) in [5.74, 6) is -2.37. The Kier molecular flexibility index (Phi) is 14.5. The third-order valence-electron chi connectivity index (χ3n) is 12.5. The van der Waals surface area contributed by atoms with Crippen molar-refractivity contribution in [1.29, 1.82) is 0 Å². The first-order valence-corrected chi connectivity index (χ1v) is 19.5. The number of rotatable bonds is 12. The van der Waals surface area contributed by atoms with Crippen LogP contribution in [-0.2, 0) is 38.0 Å². The van der Waals surface area contributed by atoms with Crippen LogP contribution in [0.2, 0.25) is 0 Å². The van der Waals surface area contributed by atoms with E-state index in [4.69, 9.17) is 33.2 Å². The highest BCUT2D eigenvalue weighted by Gasteiger charge is 2.57. The normalized spacial score (nSPS) is 44.6. The third kappa shape index (κ3) is 9.09. The topological polar surface area (TPSA) is 186 Å². The number of esters is 1. The zero-order chi connectivity index (χ0) is 39.8. The van der Waals surface area contributed by atoms with Crippen LogP contribution in [0.4, 0.5) is 0 Å². The predicted molar refractivity (Wildman–Crippen MR) is 194 cm³/mol. The van der Waals surface area contributed by atoms with Crippen molar-refractivity contribution in [3.63, 3.8) is 0 Å². The molecule has 0 spiro atoms. The quantitative estimate of drug-likeness (QED) is 0.183. The number of cyclic esters (lactones) is 1. The van der Waals surface area contributed by atoms with Crippen molar-refractivity contribution in [3.05, 3.63) is 11.3 Å². The van der Waals surface area contributed by atoms with Crippen LogP contribution in [0.1, 0.15) is 101 Å². The Morgan fingerprint density at radius 3 is 2.34 bits per heavy atom. The molecular formula is C39H69NO13. The Morgan fingerprint density at radius 2 is 1.74 bits per heavy atom. The minimum absolute atomic E-state index is 0.0310. The first-order valence-electron chi connectivity index (χ1n) is 19.5. The number of aliphatic hydroxyl groups is 5. The molecule has 0 saturated carbocycles. The van der Waals surface area contributed by atoms with Crippen LogP contribution < -0.4 is 0 Å². The lowest BCUT2D eigenvalue weighted by Crippen LogP contribution is -2.60. The first-order chi connectivity index (χ1) is 24.6. The zero-order valence-electron chi connectivity index (χ0n) is 34.0. The molecule has 2 bridgehead atoms. The maximum Gasteiger partial charge on any atom is 0.311 e.